The van der Waals surface area contributed by atoms with Crippen molar-refractivity contribution in [1.82, 2.24) is 4.90 Å². The minimum atomic E-state index is 0.306. The Balaban J connectivity index is 2.15. The number of thiophene rings is 1. The van der Waals surface area contributed by atoms with Gasteiger partial charge in [0.15, 0.2) is 0 Å². The summed E-state index contributed by atoms with van der Waals surface area (Å²) < 4.78 is 0. The summed E-state index contributed by atoms with van der Waals surface area (Å²) in [5, 5.41) is 22.1. The van der Waals surface area contributed by atoms with E-state index in [1.807, 2.05) is 6.07 Å². The molecule has 0 aliphatic carbocycles. The van der Waals surface area contributed by atoms with Gasteiger partial charge in [0.05, 0.1) is 5.69 Å². The smallest absolute Gasteiger partial charge is 0.131 e. The Morgan fingerprint density at radius 2 is 2.00 bits per heavy atom. The number of nitriles is 2. The number of hydrogen-bond acceptors (Lipinski definition) is 6. The van der Waals surface area contributed by atoms with Crippen molar-refractivity contribution in [2.45, 2.75) is 18.9 Å². The first-order chi connectivity index (χ1) is 8.65. The van der Waals surface area contributed by atoms with Gasteiger partial charge in [0.2, 0.25) is 0 Å². The fraction of sp³-hybridized carbons (Fsp3) is 0.500. The number of likely N-dealkylation sites (tertiary alicyclic amines) is 1. The largest absolute Gasteiger partial charge is 0.396 e. The van der Waals surface area contributed by atoms with Gasteiger partial charge in [-0.1, -0.05) is 0 Å². The summed E-state index contributed by atoms with van der Waals surface area (Å²) in [4.78, 5) is 2.70. The molecule has 0 aromatic carbocycles. The van der Waals surface area contributed by atoms with Crippen LogP contribution in [0, 0.1) is 22.7 Å². The maximum atomic E-state index is 9.10. The molecule has 0 unspecified atom stereocenters. The first kappa shape index (κ1) is 12.7. The SMILES string of the molecule is CN1CCC(Nc2sc(C#N)c(N)c2C#N)CC1. The number of nitrogens with two attached hydrogens (primary N) is 1. The van der Waals surface area contributed by atoms with Gasteiger partial charge in [0.1, 0.15) is 27.6 Å². The lowest BCUT2D eigenvalue weighted by Gasteiger charge is -2.29. The van der Waals surface area contributed by atoms with Crippen LogP contribution in [0.4, 0.5) is 10.7 Å². The Morgan fingerprint density at radius 3 is 2.56 bits per heavy atom. The third-order valence-corrected chi connectivity index (χ3v) is 4.25. The molecule has 18 heavy (non-hydrogen) atoms. The van der Waals surface area contributed by atoms with Crippen LogP contribution in [0.3, 0.4) is 0 Å². The molecule has 1 saturated heterocycles. The predicted octanol–water partition coefficient (Wildman–Crippen LogP) is 1.58. The lowest BCUT2D eigenvalue weighted by Crippen LogP contribution is -2.36. The maximum Gasteiger partial charge on any atom is 0.131 e. The standard InChI is InChI=1S/C12H15N5S/c1-17-4-2-8(3-5-17)16-12-9(6-13)11(15)10(7-14)18-12/h8,16H,2-5,15H2,1H3. The number of anilines is 2. The number of nitrogens with one attached hydrogen (secondary N) is 1. The summed E-state index contributed by atoms with van der Waals surface area (Å²) in [5.41, 5.74) is 6.49. The van der Waals surface area contributed by atoms with Crippen LogP contribution in [0.5, 0.6) is 0 Å². The molecule has 1 fully saturated rings. The van der Waals surface area contributed by atoms with Gasteiger partial charge in [-0.2, -0.15) is 10.5 Å². The van der Waals surface area contributed by atoms with E-state index >= 15 is 0 Å². The van der Waals surface area contributed by atoms with Crippen LogP contribution in [0.25, 0.3) is 0 Å². The summed E-state index contributed by atoms with van der Waals surface area (Å²) in [6.07, 6.45) is 2.09. The number of nitrogen functional groups attached to an aromatic ring is 1. The molecule has 0 saturated carbocycles. The van der Waals surface area contributed by atoms with Crippen molar-refractivity contribution in [3.8, 4) is 12.1 Å². The Labute approximate surface area is 110 Å². The van der Waals surface area contributed by atoms with Crippen molar-refractivity contribution in [2.75, 3.05) is 31.2 Å². The van der Waals surface area contributed by atoms with E-state index in [2.05, 4.69) is 23.3 Å². The maximum absolute atomic E-state index is 9.10. The minimum Gasteiger partial charge on any atom is -0.396 e. The van der Waals surface area contributed by atoms with Gasteiger partial charge in [-0.15, -0.1) is 11.3 Å². The van der Waals surface area contributed by atoms with Crippen LogP contribution < -0.4 is 11.1 Å². The highest BCUT2D eigenvalue weighted by Crippen LogP contribution is 2.35. The van der Waals surface area contributed by atoms with Gasteiger partial charge in [-0.25, -0.2) is 0 Å². The molecule has 2 heterocycles. The molecule has 0 atom stereocenters. The number of rotatable bonds is 2. The Hall–Kier alpha value is -1.76. The van der Waals surface area contributed by atoms with E-state index in [-0.39, 0.29) is 0 Å². The molecule has 0 radical (unpaired) electrons. The van der Waals surface area contributed by atoms with Crippen molar-refractivity contribution in [1.29, 1.82) is 10.5 Å². The average Bonchev–Trinajstić information content (AvgIpc) is 2.68. The highest BCUT2D eigenvalue weighted by atomic mass is 32.1. The van der Waals surface area contributed by atoms with Gasteiger partial charge in [-0.05, 0) is 33.0 Å². The summed E-state index contributed by atoms with van der Waals surface area (Å²) in [5.74, 6) is 0. The monoisotopic (exact) mass is 261 g/mol. The Bertz CT molecular complexity index is 514. The van der Waals surface area contributed by atoms with Crippen molar-refractivity contribution in [2.24, 2.45) is 0 Å². The molecule has 94 valence electrons. The van der Waals surface area contributed by atoms with Crippen LogP contribution >= 0.6 is 11.3 Å². The van der Waals surface area contributed by atoms with Crippen molar-refractivity contribution >= 4 is 22.0 Å². The zero-order valence-corrected chi connectivity index (χ0v) is 11.0. The highest BCUT2D eigenvalue weighted by molar-refractivity contribution is 7.17. The number of nitrogens with zero attached hydrogens (tertiary/aromatic N) is 3. The molecule has 0 spiro atoms. The Morgan fingerprint density at radius 1 is 1.33 bits per heavy atom. The molecule has 2 rings (SSSR count). The first-order valence-corrected chi connectivity index (χ1v) is 6.65. The minimum absolute atomic E-state index is 0.306. The zero-order valence-electron chi connectivity index (χ0n) is 10.2. The van der Waals surface area contributed by atoms with E-state index in [0.717, 1.165) is 30.9 Å². The summed E-state index contributed by atoms with van der Waals surface area (Å²) in [6, 6.07) is 4.47. The lowest BCUT2D eigenvalue weighted by molar-refractivity contribution is 0.264. The predicted molar refractivity (Wildman–Crippen MR) is 72.3 cm³/mol. The molecule has 0 amide bonds. The quantitative estimate of drug-likeness (QED) is 0.843. The molecular weight excluding hydrogens is 246 g/mol. The molecule has 6 heteroatoms. The van der Waals surface area contributed by atoms with Gasteiger partial charge in [0, 0.05) is 6.04 Å². The molecule has 0 bridgehead atoms. The Kier molecular flexibility index (Phi) is 3.71. The average molecular weight is 261 g/mol. The van der Waals surface area contributed by atoms with E-state index in [1.165, 1.54) is 11.3 Å². The third kappa shape index (κ3) is 2.40. The molecule has 1 aliphatic heterocycles. The molecule has 1 aromatic rings. The second-order valence-corrected chi connectivity index (χ2v) is 5.52. The van der Waals surface area contributed by atoms with Gasteiger partial charge in [0.25, 0.3) is 0 Å². The van der Waals surface area contributed by atoms with Gasteiger partial charge in [-0.3, -0.25) is 0 Å². The van der Waals surface area contributed by atoms with Gasteiger partial charge >= 0.3 is 0 Å². The summed E-state index contributed by atoms with van der Waals surface area (Å²) >= 11 is 1.27. The first-order valence-electron chi connectivity index (χ1n) is 5.83. The van der Waals surface area contributed by atoms with Gasteiger partial charge < -0.3 is 16.0 Å². The van der Waals surface area contributed by atoms with Crippen LogP contribution in [0.2, 0.25) is 0 Å². The van der Waals surface area contributed by atoms with E-state index in [0.29, 0.717) is 22.2 Å². The van der Waals surface area contributed by atoms with E-state index in [9.17, 15) is 0 Å². The molecular formula is C12H15N5S. The fourth-order valence-corrected chi connectivity index (χ4v) is 3.02. The van der Waals surface area contributed by atoms with Crippen molar-refractivity contribution in [3.63, 3.8) is 0 Å². The van der Waals surface area contributed by atoms with E-state index < -0.39 is 0 Å². The number of hydrogen-bond donors (Lipinski definition) is 2. The zero-order chi connectivity index (χ0) is 13.1. The van der Waals surface area contributed by atoms with Crippen LogP contribution in [0.1, 0.15) is 23.3 Å². The van der Waals surface area contributed by atoms with E-state index in [4.69, 9.17) is 16.3 Å². The van der Waals surface area contributed by atoms with E-state index in [1.54, 1.807) is 0 Å². The third-order valence-electron chi connectivity index (χ3n) is 3.21. The molecule has 3 N–H and O–H groups in total. The molecule has 5 nitrogen and oxygen atoms in total. The normalized spacial score (nSPS) is 17.1. The van der Waals surface area contributed by atoms with Crippen LogP contribution in [-0.2, 0) is 0 Å². The molecule has 1 aliphatic rings. The topological polar surface area (TPSA) is 88.9 Å². The van der Waals surface area contributed by atoms with Crippen LogP contribution in [0.15, 0.2) is 0 Å². The summed E-state index contributed by atoms with van der Waals surface area (Å²) in [6.45, 7) is 2.09. The lowest BCUT2D eigenvalue weighted by atomic mass is 10.1. The van der Waals surface area contributed by atoms with Crippen LogP contribution in [-0.4, -0.2) is 31.1 Å². The summed E-state index contributed by atoms with van der Waals surface area (Å²) in [7, 11) is 2.11. The fourth-order valence-electron chi connectivity index (χ4n) is 2.08. The molecule has 1 aromatic heterocycles. The highest BCUT2D eigenvalue weighted by Gasteiger charge is 2.21. The second kappa shape index (κ2) is 5.26. The second-order valence-electron chi connectivity index (χ2n) is 4.49. The van der Waals surface area contributed by atoms with Crippen molar-refractivity contribution in [3.05, 3.63) is 10.4 Å². The van der Waals surface area contributed by atoms with Crippen molar-refractivity contribution < 1.29 is 0 Å². The number of piperidine rings is 1.